The van der Waals surface area contributed by atoms with Gasteiger partial charge >= 0.3 is 5.97 Å². The lowest BCUT2D eigenvalue weighted by atomic mass is 10.2. The second-order valence-electron chi connectivity index (χ2n) is 3.06. The normalized spacial score (nSPS) is 10.9. The van der Waals surface area contributed by atoms with E-state index in [1.165, 1.54) is 7.05 Å². The van der Waals surface area contributed by atoms with Gasteiger partial charge in [0.15, 0.2) is 17.3 Å². The Balaban J connectivity index is 2.87. The van der Waals surface area contributed by atoms with E-state index in [0.717, 1.165) is 16.8 Å². The molecular formula is C9H6F2N2O2. The van der Waals surface area contributed by atoms with Crippen LogP contribution in [-0.4, -0.2) is 20.9 Å². The van der Waals surface area contributed by atoms with Crippen molar-refractivity contribution < 1.29 is 18.7 Å². The molecule has 0 aliphatic heterocycles. The first-order valence-corrected chi connectivity index (χ1v) is 4.05. The number of fused-ring (bicyclic) bond motifs is 1. The largest absolute Gasteiger partial charge is 0.477 e. The molecule has 0 amide bonds. The number of carboxylic acid groups (broad SMARTS) is 1. The number of aryl methyl sites for hydroxylation is 1. The number of hydrogen-bond acceptors (Lipinski definition) is 2. The molecule has 0 aliphatic carbocycles. The summed E-state index contributed by atoms with van der Waals surface area (Å²) in [6.45, 7) is 0. The van der Waals surface area contributed by atoms with Gasteiger partial charge in [-0.25, -0.2) is 13.6 Å². The number of carboxylic acids is 1. The van der Waals surface area contributed by atoms with Gasteiger partial charge in [0.25, 0.3) is 0 Å². The number of aromatic nitrogens is 2. The molecule has 0 fully saturated rings. The standard InChI is InChI=1S/C9H6F2N2O2/c1-13-8(9(14)15)4-2-5(10)6(11)3-7(4)12-13/h2-3H,1H3,(H,14,15). The lowest BCUT2D eigenvalue weighted by Crippen LogP contribution is -2.05. The number of carbonyl (C=O) groups is 1. The van der Waals surface area contributed by atoms with Gasteiger partial charge in [0, 0.05) is 18.5 Å². The topological polar surface area (TPSA) is 55.1 Å². The van der Waals surface area contributed by atoms with E-state index in [2.05, 4.69) is 5.10 Å². The summed E-state index contributed by atoms with van der Waals surface area (Å²) in [5, 5.41) is 12.7. The van der Waals surface area contributed by atoms with Crippen LogP contribution in [0.2, 0.25) is 0 Å². The van der Waals surface area contributed by atoms with E-state index < -0.39 is 17.6 Å². The molecule has 15 heavy (non-hydrogen) atoms. The molecule has 0 bridgehead atoms. The molecule has 1 aromatic heterocycles. The van der Waals surface area contributed by atoms with Crippen LogP contribution in [0, 0.1) is 11.6 Å². The molecule has 1 heterocycles. The molecule has 0 spiro atoms. The zero-order valence-corrected chi connectivity index (χ0v) is 7.66. The molecule has 0 unspecified atom stereocenters. The molecule has 1 N–H and O–H groups in total. The zero-order chi connectivity index (χ0) is 11.2. The van der Waals surface area contributed by atoms with E-state index in [0.29, 0.717) is 0 Å². The van der Waals surface area contributed by atoms with E-state index in [1.54, 1.807) is 0 Å². The second-order valence-corrected chi connectivity index (χ2v) is 3.06. The monoisotopic (exact) mass is 212 g/mol. The summed E-state index contributed by atoms with van der Waals surface area (Å²) < 4.78 is 26.8. The summed E-state index contributed by atoms with van der Waals surface area (Å²) in [5.41, 5.74) is -0.0438. The number of nitrogens with zero attached hydrogens (tertiary/aromatic N) is 2. The molecule has 4 nitrogen and oxygen atoms in total. The van der Waals surface area contributed by atoms with Gasteiger partial charge in [-0.2, -0.15) is 5.10 Å². The van der Waals surface area contributed by atoms with Crippen molar-refractivity contribution >= 4 is 16.9 Å². The fourth-order valence-corrected chi connectivity index (χ4v) is 1.45. The average Bonchev–Trinajstić information content (AvgIpc) is 2.41. The van der Waals surface area contributed by atoms with E-state index >= 15 is 0 Å². The lowest BCUT2D eigenvalue weighted by molar-refractivity contribution is 0.0687. The molecule has 1 aromatic carbocycles. The molecule has 0 radical (unpaired) electrons. The summed E-state index contributed by atoms with van der Waals surface area (Å²) in [6, 6.07) is 1.71. The van der Waals surface area contributed by atoms with Crippen LogP contribution >= 0.6 is 0 Å². The van der Waals surface area contributed by atoms with E-state index in [9.17, 15) is 13.6 Å². The van der Waals surface area contributed by atoms with Crippen molar-refractivity contribution in [3.8, 4) is 0 Å². The fraction of sp³-hybridized carbons (Fsp3) is 0.111. The number of halogens is 2. The van der Waals surface area contributed by atoms with Crippen molar-refractivity contribution in [1.82, 2.24) is 9.78 Å². The Bertz CT molecular complexity index is 563. The first-order valence-electron chi connectivity index (χ1n) is 4.05. The van der Waals surface area contributed by atoms with Crippen molar-refractivity contribution in [2.75, 3.05) is 0 Å². The maximum Gasteiger partial charge on any atom is 0.354 e. The van der Waals surface area contributed by atoms with Crippen LogP contribution in [0.1, 0.15) is 10.5 Å². The Kier molecular flexibility index (Phi) is 1.92. The van der Waals surface area contributed by atoms with E-state index in [-0.39, 0.29) is 16.6 Å². The maximum atomic E-state index is 12.9. The van der Waals surface area contributed by atoms with Gasteiger partial charge in [-0.1, -0.05) is 0 Å². The summed E-state index contributed by atoms with van der Waals surface area (Å²) >= 11 is 0. The molecule has 0 atom stereocenters. The van der Waals surface area contributed by atoms with Crippen LogP contribution in [0.5, 0.6) is 0 Å². The predicted octanol–water partition coefficient (Wildman–Crippen LogP) is 1.55. The van der Waals surface area contributed by atoms with Crippen LogP contribution in [0.4, 0.5) is 8.78 Å². The molecular weight excluding hydrogens is 206 g/mol. The Hall–Kier alpha value is -1.98. The van der Waals surface area contributed by atoms with Crippen molar-refractivity contribution in [3.05, 3.63) is 29.5 Å². The molecule has 2 rings (SSSR count). The maximum absolute atomic E-state index is 12.9. The molecule has 0 saturated heterocycles. The Morgan fingerprint density at radius 3 is 2.60 bits per heavy atom. The number of benzene rings is 1. The van der Waals surface area contributed by atoms with Crippen molar-refractivity contribution in [1.29, 1.82) is 0 Å². The summed E-state index contributed by atoms with van der Waals surface area (Å²) in [5.74, 6) is -3.36. The van der Waals surface area contributed by atoms with Crippen molar-refractivity contribution in [3.63, 3.8) is 0 Å². The predicted molar refractivity (Wildman–Crippen MR) is 47.6 cm³/mol. The van der Waals surface area contributed by atoms with Crippen LogP contribution in [-0.2, 0) is 7.05 Å². The van der Waals surface area contributed by atoms with Gasteiger partial charge in [-0.3, -0.25) is 4.68 Å². The third-order valence-electron chi connectivity index (χ3n) is 2.08. The molecule has 6 heteroatoms. The zero-order valence-electron chi connectivity index (χ0n) is 7.66. The highest BCUT2D eigenvalue weighted by Gasteiger charge is 2.17. The SMILES string of the molecule is Cn1nc2cc(F)c(F)cc2c1C(=O)O. The highest BCUT2D eigenvalue weighted by Crippen LogP contribution is 2.21. The Morgan fingerprint density at radius 2 is 2.00 bits per heavy atom. The van der Waals surface area contributed by atoms with Gasteiger partial charge in [0.1, 0.15) is 0 Å². The average molecular weight is 212 g/mol. The quantitative estimate of drug-likeness (QED) is 0.780. The minimum Gasteiger partial charge on any atom is -0.477 e. The fourth-order valence-electron chi connectivity index (χ4n) is 1.45. The van der Waals surface area contributed by atoms with E-state index in [1.807, 2.05) is 0 Å². The third-order valence-corrected chi connectivity index (χ3v) is 2.08. The van der Waals surface area contributed by atoms with Gasteiger partial charge in [0.2, 0.25) is 0 Å². The van der Waals surface area contributed by atoms with Crippen molar-refractivity contribution in [2.45, 2.75) is 0 Å². The lowest BCUT2D eigenvalue weighted by Gasteiger charge is -1.95. The summed E-state index contributed by atoms with van der Waals surface area (Å²) in [4.78, 5) is 10.8. The van der Waals surface area contributed by atoms with Crippen LogP contribution in [0.15, 0.2) is 12.1 Å². The van der Waals surface area contributed by atoms with Gasteiger partial charge in [0.05, 0.1) is 5.52 Å². The Morgan fingerprint density at radius 1 is 1.40 bits per heavy atom. The minimum absolute atomic E-state index is 0.0869. The molecule has 0 saturated carbocycles. The van der Waals surface area contributed by atoms with Crippen LogP contribution < -0.4 is 0 Å². The number of hydrogen-bond donors (Lipinski definition) is 1. The molecule has 78 valence electrons. The highest BCUT2D eigenvalue weighted by molar-refractivity contribution is 6.01. The van der Waals surface area contributed by atoms with E-state index in [4.69, 9.17) is 5.11 Å². The van der Waals surface area contributed by atoms with Crippen LogP contribution in [0.25, 0.3) is 10.9 Å². The molecule has 0 aliphatic rings. The Labute approximate surface area is 82.7 Å². The van der Waals surface area contributed by atoms with Crippen molar-refractivity contribution in [2.24, 2.45) is 7.05 Å². The smallest absolute Gasteiger partial charge is 0.354 e. The number of rotatable bonds is 1. The number of aromatic carboxylic acids is 1. The summed E-state index contributed by atoms with van der Waals surface area (Å²) in [6.07, 6.45) is 0. The van der Waals surface area contributed by atoms with Gasteiger partial charge in [-0.15, -0.1) is 0 Å². The second kappa shape index (κ2) is 3.01. The van der Waals surface area contributed by atoms with Gasteiger partial charge < -0.3 is 5.11 Å². The molecule has 2 aromatic rings. The minimum atomic E-state index is -1.23. The first-order chi connectivity index (χ1) is 7.00. The first kappa shape index (κ1) is 9.57. The van der Waals surface area contributed by atoms with Gasteiger partial charge in [-0.05, 0) is 6.07 Å². The summed E-state index contributed by atoms with van der Waals surface area (Å²) in [7, 11) is 1.40. The highest BCUT2D eigenvalue weighted by atomic mass is 19.2. The third kappa shape index (κ3) is 1.34. The van der Waals surface area contributed by atoms with Crippen LogP contribution in [0.3, 0.4) is 0 Å².